The van der Waals surface area contributed by atoms with Crippen molar-refractivity contribution < 1.29 is 0 Å². The van der Waals surface area contributed by atoms with Gasteiger partial charge in [-0.2, -0.15) is 0 Å². The Labute approximate surface area is 336 Å². The predicted molar refractivity (Wildman–Crippen MR) is 242 cm³/mol. The second kappa shape index (κ2) is 14.0. The molecule has 0 bridgehead atoms. The first-order chi connectivity index (χ1) is 28.8. The van der Waals surface area contributed by atoms with Crippen molar-refractivity contribution in [1.29, 1.82) is 0 Å². The quantitative estimate of drug-likeness (QED) is 0.155. The Morgan fingerprint density at radius 2 is 0.603 bits per heavy atom. The van der Waals surface area contributed by atoms with Crippen LogP contribution in [-0.2, 0) is 0 Å². The van der Waals surface area contributed by atoms with Crippen LogP contribution in [0, 0.1) is 0 Å². The molecule has 0 radical (unpaired) electrons. The molecule has 11 aromatic rings. The lowest BCUT2D eigenvalue weighted by Gasteiger charge is -2.26. The van der Waals surface area contributed by atoms with Crippen LogP contribution in [-0.4, -0.2) is 14.1 Å². The largest absolute Gasteiger partial charge is 0.310 e. The zero-order valence-electron chi connectivity index (χ0n) is 31.6. The maximum absolute atomic E-state index is 5.69. The van der Waals surface area contributed by atoms with E-state index in [0.29, 0.717) is 0 Å². The van der Waals surface area contributed by atoms with Crippen molar-refractivity contribution in [1.82, 2.24) is 14.1 Å². The van der Waals surface area contributed by atoms with Crippen molar-refractivity contribution in [3.63, 3.8) is 0 Å². The van der Waals surface area contributed by atoms with Crippen molar-refractivity contribution in [2.45, 2.75) is 0 Å². The Morgan fingerprint density at radius 3 is 0.983 bits per heavy atom. The molecule has 0 aliphatic carbocycles. The standard InChI is InChI=1S/C53H37N5/c1-5-19-38(20-6-1)55(39-21-7-2-8-22-39)42-27-17-29-44(35-42)57-50-33-15-13-31-46(50)48-37-49-47-32-14-16-34-51(47)58(53(49)54-52(48)57)45-30-18-28-43(36-45)56(40-23-9-3-10-24-40)41-25-11-4-12-26-41/h1-37H. The van der Waals surface area contributed by atoms with Gasteiger partial charge in [-0.25, -0.2) is 4.98 Å². The van der Waals surface area contributed by atoms with Gasteiger partial charge in [0.25, 0.3) is 0 Å². The zero-order valence-corrected chi connectivity index (χ0v) is 31.6. The van der Waals surface area contributed by atoms with E-state index in [1.54, 1.807) is 0 Å². The van der Waals surface area contributed by atoms with E-state index >= 15 is 0 Å². The minimum atomic E-state index is 0.909. The third-order valence-corrected chi connectivity index (χ3v) is 11.0. The summed E-state index contributed by atoms with van der Waals surface area (Å²) in [5, 5.41) is 4.57. The molecule has 0 amide bonds. The molecular formula is C53H37N5. The molecule has 0 N–H and O–H groups in total. The average molecular weight is 744 g/mol. The molecule has 0 atom stereocenters. The highest BCUT2D eigenvalue weighted by Gasteiger charge is 2.22. The molecule has 0 spiro atoms. The van der Waals surface area contributed by atoms with Crippen LogP contribution in [0.3, 0.4) is 0 Å². The van der Waals surface area contributed by atoms with Crippen LogP contribution < -0.4 is 9.80 Å². The summed E-state index contributed by atoms with van der Waals surface area (Å²) in [5.41, 5.74) is 12.6. The van der Waals surface area contributed by atoms with Crippen LogP contribution in [0.4, 0.5) is 34.1 Å². The smallest absolute Gasteiger partial charge is 0.148 e. The van der Waals surface area contributed by atoms with Gasteiger partial charge in [0.1, 0.15) is 11.3 Å². The molecule has 5 nitrogen and oxygen atoms in total. The van der Waals surface area contributed by atoms with E-state index in [-0.39, 0.29) is 0 Å². The molecule has 0 saturated carbocycles. The fraction of sp³-hybridized carbons (Fsp3) is 0. The molecule has 8 aromatic carbocycles. The Morgan fingerprint density at radius 1 is 0.276 bits per heavy atom. The molecule has 0 unspecified atom stereocenters. The number of aromatic nitrogens is 3. The summed E-state index contributed by atoms with van der Waals surface area (Å²) in [7, 11) is 0. The summed E-state index contributed by atoms with van der Waals surface area (Å²) < 4.78 is 4.65. The van der Waals surface area contributed by atoms with Gasteiger partial charge < -0.3 is 9.80 Å². The van der Waals surface area contributed by atoms with Crippen LogP contribution in [0.25, 0.3) is 55.2 Å². The van der Waals surface area contributed by atoms with Crippen LogP contribution in [0.5, 0.6) is 0 Å². The van der Waals surface area contributed by atoms with E-state index in [1.807, 2.05) is 0 Å². The molecule has 0 aliphatic rings. The summed E-state index contributed by atoms with van der Waals surface area (Å²) in [6.45, 7) is 0. The summed E-state index contributed by atoms with van der Waals surface area (Å²) in [6.07, 6.45) is 0. The van der Waals surface area contributed by atoms with E-state index < -0.39 is 0 Å². The number of para-hydroxylation sites is 6. The molecular weight excluding hydrogens is 707 g/mol. The molecule has 0 fully saturated rings. The second-order valence-electron chi connectivity index (χ2n) is 14.5. The van der Waals surface area contributed by atoms with Crippen LogP contribution in [0.15, 0.2) is 224 Å². The van der Waals surface area contributed by atoms with Crippen LogP contribution in [0.1, 0.15) is 0 Å². The topological polar surface area (TPSA) is 29.2 Å². The monoisotopic (exact) mass is 743 g/mol. The van der Waals surface area contributed by atoms with Crippen LogP contribution >= 0.6 is 0 Å². The first kappa shape index (κ1) is 33.4. The highest BCUT2D eigenvalue weighted by molar-refractivity contribution is 6.16. The predicted octanol–water partition coefficient (Wildman–Crippen LogP) is 14.2. The van der Waals surface area contributed by atoms with Crippen molar-refractivity contribution in [2.75, 3.05) is 9.80 Å². The lowest BCUT2D eigenvalue weighted by molar-refractivity contribution is 1.10. The van der Waals surface area contributed by atoms with Crippen molar-refractivity contribution in [3.8, 4) is 11.4 Å². The summed E-state index contributed by atoms with van der Waals surface area (Å²) in [4.78, 5) is 10.3. The maximum Gasteiger partial charge on any atom is 0.148 e. The number of fused-ring (bicyclic) bond motifs is 6. The summed E-state index contributed by atoms with van der Waals surface area (Å²) in [6, 6.07) is 79.5. The van der Waals surface area contributed by atoms with Crippen molar-refractivity contribution in [2.24, 2.45) is 0 Å². The van der Waals surface area contributed by atoms with Gasteiger partial charge in [0, 0.05) is 67.0 Å². The molecule has 58 heavy (non-hydrogen) atoms. The van der Waals surface area contributed by atoms with E-state index in [0.717, 1.165) is 78.6 Å². The Bertz CT molecular complexity index is 2930. The number of hydrogen-bond donors (Lipinski definition) is 0. The first-order valence-electron chi connectivity index (χ1n) is 19.6. The summed E-state index contributed by atoms with van der Waals surface area (Å²) >= 11 is 0. The highest BCUT2D eigenvalue weighted by atomic mass is 15.2. The zero-order chi connectivity index (χ0) is 38.4. The van der Waals surface area contributed by atoms with Gasteiger partial charge >= 0.3 is 0 Å². The maximum atomic E-state index is 5.69. The number of nitrogens with zero attached hydrogens (tertiary/aromatic N) is 5. The highest BCUT2D eigenvalue weighted by Crippen LogP contribution is 2.41. The third kappa shape index (κ3) is 5.60. The van der Waals surface area contributed by atoms with Gasteiger partial charge in [0.2, 0.25) is 0 Å². The average Bonchev–Trinajstić information content (AvgIpc) is 3.79. The lowest BCUT2D eigenvalue weighted by Crippen LogP contribution is -2.10. The number of benzene rings is 8. The van der Waals surface area contributed by atoms with Gasteiger partial charge in [0.05, 0.1) is 11.0 Å². The van der Waals surface area contributed by atoms with Gasteiger partial charge in [-0.1, -0.05) is 121 Å². The van der Waals surface area contributed by atoms with E-state index in [4.69, 9.17) is 4.98 Å². The molecule has 3 heterocycles. The molecule has 0 aliphatic heterocycles. The van der Waals surface area contributed by atoms with Crippen molar-refractivity contribution >= 4 is 78.0 Å². The molecule has 0 saturated heterocycles. The Hall–Kier alpha value is -7.89. The Kier molecular flexibility index (Phi) is 8.07. The third-order valence-electron chi connectivity index (χ3n) is 11.0. The summed E-state index contributed by atoms with van der Waals surface area (Å²) in [5.74, 6) is 0. The fourth-order valence-electron chi connectivity index (χ4n) is 8.52. The fourth-order valence-corrected chi connectivity index (χ4v) is 8.52. The van der Waals surface area contributed by atoms with Gasteiger partial charge in [-0.05, 0) is 103 Å². The van der Waals surface area contributed by atoms with E-state index in [1.165, 1.54) is 10.8 Å². The van der Waals surface area contributed by atoms with Crippen molar-refractivity contribution in [3.05, 3.63) is 224 Å². The minimum Gasteiger partial charge on any atom is -0.310 e. The number of anilines is 6. The molecule has 274 valence electrons. The minimum absolute atomic E-state index is 0.909. The SMILES string of the molecule is c1ccc(N(c2ccccc2)c2cccc(-n3c4ccccc4c4cc5c6ccccc6n(-c6cccc(N(c7ccccc7)c7ccccc7)c6)c5nc43)c2)cc1. The second-order valence-corrected chi connectivity index (χ2v) is 14.5. The van der Waals surface area contributed by atoms with Crippen LogP contribution in [0.2, 0.25) is 0 Å². The first-order valence-corrected chi connectivity index (χ1v) is 19.6. The number of pyridine rings is 1. The van der Waals surface area contributed by atoms with Gasteiger partial charge in [0.15, 0.2) is 0 Å². The number of rotatable bonds is 8. The molecule has 11 rings (SSSR count). The van der Waals surface area contributed by atoms with E-state index in [2.05, 4.69) is 243 Å². The van der Waals surface area contributed by atoms with Gasteiger partial charge in [-0.15, -0.1) is 0 Å². The Balaban J connectivity index is 1.14. The normalized spacial score (nSPS) is 11.4. The molecule has 3 aromatic heterocycles. The lowest BCUT2D eigenvalue weighted by atomic mass is 10.1. The number of hydrogen-bond acceptors (Lipinski definition) is 3. The van der Waals surface area contributed by atoms with Gasteiger partial charge in [-0.3, -0.25) is 9.13 Å². The van der Waals surface area contributed by atoms with E-state index in [9.17, 15) is 0 Å². The molecule has 5 heteroatoms.